The van der Waals surface area contributed by atoms with E-state index in [2.05, 4.69) is 39.2 Å². The summed E-state index contributed by atoms with van der Waals surface area (Å²) in [5.74, 6) is 0. The molecule has 0 heterocycles. The maximum absolute atomic E-state index is 11.3. The molecule has 0 bridgehead atoms. The summed E-state index contributed by atoms with van der Waals surface area (Å²) in [4.78, 5) is -1.44. The number of nitrogen functional groups attached to an aromatic ring is 2. The van der Waals surface area contributed by atoms with Crippen LogP contribution in [-0.4, -0.2) is 38.0 Å². The van der Waals surface area contributed by atoms with Gasteiger partial charge >= 0.3 is 0 Å². The molecule has 2 atom stereocenters. The Morgan fingerprint density at radius 3 is 1.19 bits per heavy atom. The van der Waals surface area contributed by atoms with Gasteiger partial charge in [-0.3, -0.25) is 0 Å². The molecule has 0 spiro atoms. The highest BCUT2D eigenvalue weighted by atomic mass is 32.2. The molecule has 182 valence electrons. The van der Waals surface area contributed by atoms with Gasteiger partial charge in [0.2, 0.25) is 0 Å². The van der Waals surface area contributed by atoms with Crippen molar-refractivity contribution in [2.75, 3.05) is 11.5 Å². The van der Waals surface area contributed by atoms with Crippen LogP contribution in [0.3, 0.4) is 0 Å². The molecule has 0 radical (unpaired) electrons. The van der Waals surface area contributed by atoms with E-state index in [4.69, 9.17) is 11.5 Å². The minimum atomic E-state index is -4.93. The molecule has 12 heteroatoms. The summed E-state index contributed by atoms with van der Waals surface area (Å²) in [6.07, 6.45) is 2.39. The first-order chi connectivity index (χ1) is 14.5. The molecule has 0 aromatic heterocycles. The fourth-order valence-electron chi connectivity index (χ4n) is 1.94. The smallest absolute Gasteiger partial charge is 0.125 e. The van der Waals surface area contributed by atoms with E-state index >= 15 is 0 Å². The van der Waals surface area contributed by atoms with E-state index in [1.54, 1.807) is 0 Å². The van der Waals surface area contributed by atoms with E-state index in [9.17, 15) is 25.9 Å². The van der Waals surface area contributed by atoms with Crippen molar-refractivity contribution >= 4 is 31.6 Å². The van der Waals surface area contributed by atoms with E-state index < -0.39 is 30.0 Å². The Bertz CT molecular complexity index is 998. The van der Waals surface area contributed by atoms with Crippen molar-refractivity contribution in [2.45, 2.75) is 62.4 Å². The van der Waals surface area contributed by atoms with Crippen LogP contribution in [-0.2, 0) is 20.2 Å². The molecule has 0 saturated carbocycles. The van der Waals surface area contributed by atoms with Gasteiger partial charge in [0, 0.05) is 22.5 Å². The minimum absolute atomic E-state index is 0.000139. The van der Waals surface area contributed by atoms with E-state index in [-0.39, 0.29) is 22.5 Å². The summed E-state index contributed by atoms with van der Waals surface area (Å²) in [5, 5.41) is 0. The average molecular weight is 491 g/mol. The van der Waals surface area contributed by atoms with Gasteiger partial charge in [0.1, 0.15) is 20.2 Å². The summed E-state index contributed by atoms with van der Waals surface area (Å²) in [7, 11) is -9.87. The Morgan fingerprint density at radius 1 is 0.750 bits per heavy atom. The largest absolute Gasteiger partial charge is 0.744 e. The highest BCUT2D eigenvalue weighted by molar-refractivity contribution is 7.86. The number of anilines is 2. The highest BCUT2D eigenvalue weighted by Gasteiger charge is 2.17. The van der Waals surface area contributed by atoms with Crippen LogP contribution in [0.1, 0.15) is 40.5 Å². The molecule has 32 heavy (non-hydrogen) atoms. The van der Waals surface area contributed by atoms with Crippen LogP contribution >= 0.6 is 0 Å². The lowest BCUT2D eigenvalue weighted by Gasteiger charge is -2.18. The Morgan fingerprint density at radius 2 is 1.00 bits per heavy atom. The molecule has 0 aliphatic heterocycles. The zero-order chi connectivity index (χ0) is 25.3. The Labute approximate surface area is 190 Å². The molecule has 0 saturated heterocycles. The summed E-state index contributed by atoms with van der Waals surface area (Å²) in [6, 6.07) is 7.93. The molecule has 2 rings (SSSR count). The van der Waals surface area contributed by atoms with Crippen LogP contribution in [0.15, 0.2) is 46.2 Å². The average Bonchev–Trinajstić information content (AvgIpc) is 2.67. The molecule has 0 aliphatic rings. The Hall–Kier alpha value is -2.22. The van der Waals surface area contributed by atoms with Gasteiger partial charge in [-0.1, -0.05) is 26.0 Å². The molecule has 10 N–H and O–H groups in total. The van der Waals surface area contributed by atoms with Crippen LogP contribution in [0.4, 0.5) is 11.4 Å². The third-order valence-corrected chi connectivity index (χ3v) is 5.99. The fraction of sp³-hybridized carbons (Fsp3) is 0.400. The van der Waals surface area contributed by atoms with Crippen LogP contribution < -0.4 is 22.9 Å². The summed E-state index contributed by atoms with van der Waals surface area (Å²) in [5.41, 5.74) is 17.9. The first-order valence-electron chi connectivity index (χ1n) is 9.91. The van der Waals surface area contributed by atoms with Crippen molar-refractivity contribution in [3.05, 3.63) is 36.4 Å². The molecule has 0 fully saturated rings. The van der Waals surface area contributed by atoms with Crippen molar-refractivity contribution in [3.63, 3.8) is 0 Å². The van der Waals surface area contributed by atoms with Crippen molar-refractivity contribution in [1.29, 1.82) is 0 Å². The molecule has 10 nitrogen and oxygen atoms in total. The second-order valence-corrected chi connectivity index (χ2v) is 10.1. The van der Waals surface area contributed by atoms with Gasteiger partial charge in [0.25, 0.3) is 0 Å². The molecule has 2 unspecified atom stereocenters. The Kier molecular flexibility index (Phi) is 11.8. The lowest BCUT2D eigenvalue weighted by Crippen LogP contribution is -2.58. The van der Waals surface area contributed by atoms with Crippen LogP contribution in [0, 0.1) is 0 Å². The van der Waals surface area contributed by atoms with E-state index in [1.165, 1.54) is 25.0 Å². The van der Waals surface area contributed by atoms with Gasteiger partial charge < -0.3 is 32.0 Å². The van der Waals surface area contributed by atoms with E-state index in [0.29, 0.717) is 12.1 Å². The molecular formula is C20H34N4O6S2. The van der Waals surface area contributed by atoms with Crippen LogP contribution in [0.2, 0.25) is 0 Å². The Balaban J connectivity index is 0.000000805. The number of rotatable bonds is 5. The molecular weight excluding hydrogens is 456 g/mol. The highest BCUT2D eigenvalue weighted by Crippen LogP contribution is 2.34. The number of hydrogen-bond donors (Lipinski definition) is 4. The third kappa shape index (κ3) is 10.4. The monoisotopic (exact) mass is 490 g/mol. The second-order valence-electron chi connectivity index (χ2n) is 7.45. The quantitative estimate of drug-likeness (QED) is 0.338. The second kappa shape index (κ2) is 12.7. The molecule has 0 aliphatic carbocycles. The van der Waals surface area contributed by atoms with Gasteiger partial charge in [-0.25, -0.2) is 16.8 Å². The van der Waals surface area contributed by atoms with Crippen LogP contribution in [0.25, 0.3) is 11.1 Å². The maximum Gasteiger partial charge on any atom is 0.125 e. The first-order valence-corrected chi connectivity index (χ1v) is 12.7. The predicted molar refractivity (Wildman–Crippen MR) is 122 cm³/mol. The van der Waals surface area contributed by atoms with Crippen molar-refractivity contribution in [1.82, 2.24) is 0 Å². The molecule has 2 aromatic rings. The summed E-state index contributed by atoms with van der Waals surface area (Å²) < 4.78 is 68.1. The molecule has 2 aromatic carbocycles. The number of hydrogen-bond acceptors (Lipinski definition) is 8. The first kappa shape index (κ1) is 29.8. The molecule has 0 amide bonds. The van der Waals surface area contributed by atoms with Gasteiger partial charge in [-0.05, 0) is 51.0 Å². The SMILES string of the molecule is CCC(C)[NH3+].CCC(C)[NH3+].Nc1ccc(-c2ccc(N)cc2S(=O)(=O)[O-])c(S(=O)(=O)[O-])c1. The van der Waals surface area contributed by atoms with E-state index in [1.807, 2.05) is 0 Å². The van der Waals surface area contributed by atoms with Crippen molar-refractivity contribution < 1.29 is 37.4 Å². The number of quaternary nitrogens is 2. The van der Waals surface area contributed by atoms with Crippen LogP contribution in [0.5, 0.6) is 0 Å². The topological polar surface area (TPSA) is 222 Å². The normalized spacial score (nSPS) is 13.1. The van der Waals surface area contributed by atoms with Gasteiger partial charge in [0.15, 0.2) is 0 Å². The number of nitrogens with two attached hydrogens (primary N) is 2. The van der Waals surface area contributed by atoms with E-state index in [0.717, 1.165) is 24.3 Å². The summed E-state index contributed by atoms with van der Waals surface area (Å²) in [6.45, 7) is 8.50. The lowest BCUT2D eigenvalue weighted by atomic mass is 10.0. The third-order valence-electron chi connectivity index (χ3n) is 4.23. The maximum atomic E-state index is 11.3. The lowest BCUT2D eigenvalue weighted by molar-refractivity contribution is -0.414. The predicted octanol–water partition coefficient (Wildman–Crippen LogP) is 0.380. The fourth-order valence-corrected chi connectivity index (χ4v) is 3.39. The van der Waals surface area contributed by atoms with Gasteiger partial charge in [-0.2, -0.15) is 0 Å². The zero-order valence-electron chi connectivity index (χ0n) is 18.9. The zero-order valence-corrected chi connectivity index (χ0v) is 20.5. The standard InChI is InChI=1S/C12H12N2O6S2.2C4H11N/c13-7-1-3-9(11(5-7)21(15,16)17)10-4-2-8(14)6-12(10)22(18,19)20;2*1-3-4(2)5/h1-6H,13-14H2,(H,15,16,17)(H,18,19,20);2*4H,3,5H2,1-2H3. The van der Waals surface area contributed by atoms with Crippen molar-refractivity contribution in [3.8, 4) is 11.1 Å². The summed E-state index contributed by atoms with van der Waals surface area (Å²) >= 11 is 0. The minimum Gasteiger partial charge on any atom is -0.744 e. The number of benzene rings is 2. The van der Waals surface area contributed by atoms with Gasteiger partial charge in [0.05, 0.1) is 21.9 Å². The van der Waals surface area contributed by atoms with Gasteiger partial charge in [-0.15, -0.1) is 0 Å². The van der Waals surface area contributed by atoms with Crippen molar-refractivity contribution in [2.24, 2.45) is 0 Å².